The van der Waals surface area contributed by atoms with Crippen molar-refractivity contribution in [2.24, 2.45) is 0 Å². The Labute approximate surface area is 160 Å². The zero-order valence-electron chi connectivity index (χ0n) is 13.3. The van der Waals surface area contributed by atoms with E-state index < -0.39 is 0 Å². The topological polar surface area (TPSA) is 41.1 Å². The summed E-state index contributed by atoms with van der Waals surface area (Å²) in [6.45, 7) is 0.674. The van der Waals surface area contributed by atoms with Gasteiger partial charge in [-0.2, -0.15) is 0 Å². The Balaban J connectivity index is 1.58. The minimum absolute atomic E-state index is 0.0953. The van der Waals surface area contributed by atoms with Crippen molar-refractivity contribution < 1.29 is 4.79 Å². The number of thiophene rings is 1. The molecule has 0 saturated carbocycles. The van der Waals surface area contributed by atoms with Crippen molar-refractivity contribution in [3.05, 3.63) is 80.5 Å². The molecule has 3 nitrogen and oxygen atoms in total. The lowest BCUT2D eigenvalue weighted by atomic mass is 10.1. The largest absolute Gasteiger partial charge is 0.380 e. The Morgan fingerprint density at radius 3 is 2.48 bits per heavy atom. The van der Waals surface area contributed by atoms with Crippen LogP contribution in [0, 0.1) is 0 Å². The van der Waals surface area contributed by atoms with Gasteiger partial charge in [-0.3, -0.25) is 4.79 Å². The molecule has 0 atom stereocenters. The molecule has 0 saturated heterocycles. The Morgan fingerprint density at radius 1 is 1.00 bits per heavy atom. The lowest BCUT2D eigenvalue weighted by Gasteiger charge is -2.10. The lowest BCUT2D eigenvalue weighted by Crippen LogP contribution is -2.14. The van der Waals surface area contributed by atoms with Gasteiger partial charge in [0.2, 0.25) is 5.91 Å². The van der Waals surface area contributed by atoms with Crippen LogP contribution in [-0.2, 0) is 17.8 Å². The van der Waals surface area contributed by atoms with Crippen LogP contribution in [0.2, 0.25) is 9.36 Å². The van der Waals surface area contributed by atoms with Crippen LogP contribution >= 0.6 is 34.5 Å². The molecule has 6 heteroatoms. The fourth-order valence-corrected chi connectivity index (χ4v) is 3.59. The third kappa shape index (κ3) is 5.23. The minimum Gasteiger partial charge on any atom is -0.380 e. The van der Waals surface area contributed by atoms with E-state index in [2.05, 4.69) is 10.6 Å². The molecule has 0 spiro atoms. The van der Waals surface area contributed by atoms with Crippen LogP contribution in [0.3, 0.4) is 0 Å². The van der Waals surface area contributed by atoms with E-state index >= 15 is 0 Å². The predicted octanol–water partition coefficient (Wildman–Crippen LogP) is 5.85. The van der Waals surface area contributed by atoms with Crippen molar-refractivity contribution in [1.29, 1.82) is 0 Å². The van der Waals surface area contributed by atoms with Crippen molar-refractivity contribution in [2.45, 2.75) is 13.0 Å². The van der Waals surface area contributed by atoms with E-state index in [0.717, 1.165) is 20.5 Å². The first-order valence-electron chi connectivity index (χ1n) is 7.71. The highest BCUT2D eigenvalue weighted by Crippen LogP contribution is 2.27. The second kappa shape index (κ2) is 8.39. The van der Waals surface area contributed by atoms with E-state index in [1.165, 1.54) is 11.3 Å². The van der Waals surface area contributed by atoms with Crippen molar-refractivity contribution in [3.8, 4) is 0 Å². The molecule has 0 bridgehead atoms. The van der Waals surface area contributed by atoms with Gasteiger partial charge in [-0.1, -0.05) is 53.5 Å². The number of hydrogen-bond acceptors (Lipinski definition) is 3. The molecule has 1 aromatic heterocycles. The molecule has 128 valence electrons. The number of benzene rings is 2. The monoisotopic (exact) mass is 390 g/mol. The van der Waals surface area contributed by atoms with Crippen molar-refractivity contribution >= 4 is 51.8 Å². The average Bonchev–Trinajstić information content (AvgIpc) is 3.01. The summed E-state index contributed by atoms with van der Waals surface area (Å²) in [6.07, 6.45) is 0.316. The smallest absolute Gasteiger partial charge is 0.228 e. The number of anilines is 2. The summed E-state index contributed by atoms with van der Waals surface area (Å²) in [5, 5.41) is 6.64. The number of carbonyl (C=O) groups is 1. The SMILES string of the molecule is O=C(Cc1ccccc1)Nc1ccc(NCc2ccc(Cl)s2)cc1Cl. The van der Waals surface area contributed by atoms with Crippen molar-refractivity contribution in [1.82, 2.24) is 0 Å². The third-order valence-corrected chi connectivity index (χ3v) is 5.09. The molecule has 1 heterocycles. The van der Waals surface area contributed by atoms with Gasteiger partial charge in [0.05, 0.1) is 21.5 Å². The highest BCUT2D eigenvalue weighted by atomic mass is 35.5. The molecule has 2 N–H and O–H groups in total. The van der Waals surface area contributed by atoms with E-state index in [1.54, 1.807) is 12.1 Å². The van der Waals surface area contributed by atoms with Gasteiger partial charge in [0.1, 0.15) is 0 Å². The van der Waals surface area contributed by atoms with Crippen LogP contribution in [0.25, 0.3) is 0 Å². The summed E-state index contributed by atoms with van der Waals surface area (Å²) in [5.41, 5.74) is 2.45. The van der Waals surface area contributed by atoms with Crippen LogP contribution in [0.4, 0.5) is 11.4 Å². The maximum Gasteiger partial charge on any atom is 0.228 e. The van der Waals surface area contributed by atoms with Gasteiger partial charge in [-0.25, -0.2) is 0 Å². The van der Waals surface area contributed by atoms with Crippen LogP contribution in [0.1, 0.15) is 10.4 Å². The number of rotatable bonds is 6. The summed E-state index contributed by atoms with van der Waals surface area (Å²) >= 11 is 13.7. The van der Waals surface area contributed by atoms with Gasteiger partial charge in [0, 0.05) is 17.1 Å². The molecule has 0 unspecified atom stereocenters. The molecular weight excluding hydrogens is 375 g/mol. The fourth-order valence-electron chi connectivity index (χ4n) is 2.34. The Kier molecular flexibility index (Phi) is 5.97. The number of halogens is 2. The van der Waals surface area contributed by atoms with Crippen LogP contribution in [0.5, 0.6) is 0 Å². The quantitative estimate of drug-likeness (QED) is 0.554. The molecule has 3 rings (SSSR count). The van der Waals surface area contributed by atoms with Crippen molar-refractivity contribution in [2.75, 3.05) is 10.6 Å². The van der Waals surface area contributed by atoms with Gasteiger partial charge in [-0.15, -0.1) is 11.3 Å². The summed E-state index contributed by atoms with van der Waals surface area (Å²) < 4.78 is 0.770. The van der Waals surface area contributed by atoms with E-state index in [9.17, 15) is 4.79 Å². The number of hydrogen-bond donors (Lipinski definition) is 2. The van der Waals surface area contributed by atoms with Crippen molar-refractivity contribution in [3.63, 3.8) is 0 Å². The van der Waals surface area contributed by atoms with E-state index in [0.29, 0.717) is 23.7 Å². The first-order valence-corrected chi connectivity index (χ1v) is 9.29. The maximum atomic E-state index is 12.1. The highest BCUT2D eigenvalue weighted by Gasteiger charge is 2.08. The second-order valence-corrected chi connectivity index (χ2v) is 7.67. The first-order chi connectivity index (χ1) is 12.1. The normalized spacial score (nSPS) is 10.5. The molecule has 25 heavy (non-hydrogen) atoms. The maximum absolute atomic E-state index is 12.1. The fraction of sp³-hybridized carbons (Fsp3) is 0.105. The predicted molar refractivity (Wildman–Crippen MR) is 107 cm³/mol. The summed E-state index contributed by atoms with van der Waals surface area (Å²) in [6, 6.07) is 18.9. The molecule has 0 aliphatic heterocycles. The Hall–Kier alpha value is -2.01. The average molecular weight is 391 g/mol. The van der Waals surface area contributed by atoms with E-state index in [4.69, 9.17) is 23.2 Å². The van der Waals surface area contributed by atoms with Gasteiger partial charge >= 0.3 is 0 Å². The van der Waals surface area contributed by atoms with Gasteiger partial charge in [-0.05, 0) is 35.9 Å². The molecular formula is C19H16Cl2N2OS. The molecule has 0 fully saturated rings. The summed E-state index contributed by atoms with van der Waals surface area (Å²) in [4.78, 5) is 13.3. The zero-order valence-corrected chi connectivity index (χ0v) is 15.6. The molecule has 0 aliphatic carbocycles. The summed E-state index contributed by atoms with van der Waals surface area (Å²) in [7, 11) is 0. The Bertz CT molecular complexity index is 865. The molecule has 1 amide bonds. The minimum atomic E-state index is -0.0953. The van der Waals surface area contributed by atoms with Crippen LogP contribution < -0.4 is 10.6 Å². The van der Waals surface area contributed by atoms with Gasteiger partial charge < -0.3 is 10.6 Å². The number of carbonyl (C=O) groups excluding carboxylic acids is 1. The molecule has 0 radical (unpaired) electrons. The molecule has 0 aliphatic rings. The van der Waals surface area contributed by atoms with Gasteiger partial charge in [0.25, 0.3) is 0 Å². The standard InChI is InChI=1S/C19H16Cl2N2OS/c20-16-11-14(22-12-15-7-9-18(21)25-15)6-8-17(16)23-19(24)10-13-4-2-1-3-5-13/h1-9,11,22H,10,12H2,(H,23,24). The Morgan fingerprint density at radius 2 is 1.80 bits per heavy atom. The molecule has 2 aromatic carbocycles. The molecule has 3 aromatic rings. The second-order valence-electron chi connectivity index (χ2n) is 5.46. The van der Waals surface area contributed by atoms with Crippen LogP contribution in [0.15, 0.2) is 60.7 Å². The van der Waals surface area contributed by atoms with E-state index in [-0.39, 0.29) is 5.91 Å². The van der Waals surface area contributed by atoms with Crippen LogP contribution in [-0.4, -0.2) is 5.91 Å². The number of amides is 1. The number of nitrogens with one attached hydrogen (secondary N) is 2. The van der Waals surface area contributed by atoms with E-state index in [1.807, 2.05) is 48.5 Å². The lowest BCUT2D eigenvalue weighted by molar-refractivity contribution is -0.115. The highest BCUT2D eigenvalue weighted by molar-refractivity contribution is 7.16. The first kappa shape index (κ1) is 17.8. The third-order valence-electron chi connectivity index (χ3n) is 3.55. The van der Waals surface area contributed by atoms with Gasteiger partial charge in [0.15, 0.2) is 0 Å². The summed E-state index contributed by atoms with van der Waals surface area (Å²) in [5.74, 6) is -0.0953. The zero-order chi connectivity index (χ0) is 17.6.